The third-order valence-corrected chi connectivity index (χ3v) is 4.33. The van der Waals surface area contributed by atoms with Crippen LogP contribution in [-0.2, 0) is 4.74 Å². The summed E-state index contributed by atoms with van der Waals surface area (Å²) in [5.74, 6) is 0.804. The first-order valence-corrected chi connectivity index (χ1v) is 9.01. The standard InChI is InChI=1S/C18H32N4O2.HI/c1-18(2,3)24-17(23)22-12-8-7-11-15(22)13-20-16(19-4)21-14-9-5-6-10-14;/h5-6,14-15H,7-13H2,1-4H3,(H2,19,20,21);1H. The highest BCUT2D eigenvalue weighted by atomic mass is 127. The third kappa shape index (κ3) is 7.42. The number of rotatable bonds is 3. The number of carbonyl (C=O) groups excluding carboxylic acids is 1. The van der Waals surface area contributed by atoms with Gasteiger partial charge in [-0.15, -0.1) is 24.0 Å². The van der Waals surface area contributed by atoms with Gasteiger partial charge in [-0.3, -0.25) is 4.99 Å². The zero-order valence-electron chi connectivity index (χ0n) is 15.9. The number of piperidine rings is 1. The van der Waals surface area contributed by atoms with Crippen molar-refractivity contribution in [3.63, 3.8) is 0 Å². The van der Waals surface area contributed by atoms with Crippen LogP contribution in [0.3, 0.4) is 0 Å². The number of hydrogen-bond acceptors (Lipinski definition) is 3. The lowest BCUT2D eigenvalue weighted by molar-refractivity contribution is 0.0104. The Morgan fingerprint density at radius 2 is 1.96 bits per heavy atom. The number of halogens is 1. The second kappa shape index (κ2) is 10.2. The summed E-state index contributed by atoms with van der Waals surface area (Å²) in [4.78, 5) is 18.6. The summed E-state index contributed by atoms with van der Waals surface area (Å²) >= 11 is 0. The molecule has 1 unspecified atom stereocenters. The van der Waals surface area contributed by atoms with Gasteiger partial charge in [-0.05, 0) is 52.9 Å². The number of guanidine groups is 1. The van der Waals surface area contributed by atoms with Crippen molar-refractivity contribution in [2.24, 2.45) is 4.99 Å². The predicted octanol–water partition coefficient (Wildman–Crippen LogP) is 3.28. The molecule has 1 heterocycles. The van der Waals surface area contributed by atoms with E-state index in [2.05, 4.69) is 27.8 Å². The van der Waals surface area contributed by atoms with Gasteiger partial charge in [0.05, 0.1) is 6.04 Å². The zero-order chi connectivity index (χ0) is 17.6. The minimum atomic E-state index is -0.459. The van der Waals surface area contributed by atoms with Crippen LogP contribution < -0.4 is 10.6 Å². The minimum Gasteiger partial charge on any atom is -0.444 e. The lowest BCUT2D eigenvalue weighted by Gasteiger charge is -2.37. The van der Waals surface area contributed by atoms with Crippen LogP contribution in [0.2, 0.25) is 0 Å². The summed E-state index contributed by atoms with van der Waals surface area (Å²) in [6.45, 7) is 7.18. The van der Waals surface area contributed by atoms with E-state index in [1.165, 1.54) is 0 Å². The van der Waals surface area contributed by atoms with Crippen molar-refractivity contribution >= 4 is 36.0 Å². The van der Waals surface area contributed by atoms with Crippen molar-refractivity contribution in [3.8, 4) is 0 Å². The van der Waals surface area contributed by atoms with E-state index in [1.807, 2.05) is 25.7 Å². The predicted molar refractivity (Wildman–Crippen MR) is 113 cm³/mol. The highest BCUT2D eigenvalue weighted by Crippen LogP contribution is 2.20. The van der Waals surface area contributed by atoms with Crippen LogP contribution in [-0.4, -0.2) is 54.8 Å². The zero-order valence-corrected chi connectivity index (χ0v) is 18.2. The number of hydrogen-bond donors (Lipinski definition) is 2. The Kier molecular flexibility index (Phi) is 9.02. The van der Waals surface area contributed by atoms with Crippen molar-refractivity contribution in [1.29, 1.82) is 0 Å². The number of nitrogens with one attached hydrogen (secondary N) is 2. The largest absolute Gasteiger partial charge is 0.444 e. The first-order valence-electron chi connectivity index (χ1n) is 9.01. The number of aliphatic imine (C=N–C) groups is 1. The van der Waals surface area contributed by atoms with Gasteiger partial charge in [-0.1, -0.05) is 12.2 Å². The molecule has 0 aromatic heterocycles. The molecule has 25 heavy (non-hydrogen) atoms. The number of carbonyl (C=O) groups is 1. The smallest absolute Gasteiger partial charge is 0.410 e. The Balaban J connectivity index is 0.00000312. The van der Waals surface area contributed by atoms with Crippen LogP contribution in [0.5, 0.6) is 0 Å². The van der Waals surface area contributed by atoms with E-state index < -0.39 is 5.60 Å². The topological polar surface area (TPSA) is 66.0 Å². The van der Waals surface area contributed by atoms with Crippen LogP contribution in [0.25, 0.3) is 0 Å². The molecule has 1 saturated heterocycles. The second-order valence-electron chi connectivity index (χ2n) is 7.56. The molecule has 0 radical (unpaired) electrons. The summed E-state index contributed by atoms with van der Waals surface area (Å²) < 4.78 is 5.55. The van der Waals surface area contributed by atoms with E-state index in [1.54, 1.807) is 7.05 Å². The third-order valence-electron chi connectivity index (χ3n) is 4.33. The quantitative estimate of drug-likeness (QED) is 0.291. The van der Waals surface area contributed by atoms with E-state index in [0.717, 1.165) is 44.6 Å². The molecule has 1 aliphatic heterocycles. The Labute approximate surface area is 168 Å². The maximum Gasteiger partial charge on any atom is 0.410 e. The highest BCUT2D eigenvalue weighted by Gasteiger charge is 2.30. The average molecular weight is 464 g/mol. The molecule has 1 aliphatic carbocycles. The lowest BCUT2D eigenvalue weighted by atomic mass is 10.0. The van der Waals surface area contributed by atoms with E-state index in [4.69, 9.17) is 4.74 Å². The molecular weight excluding hydrogens is 431 g/mol. The fourth-order valence-electron chi connectivity index (χ4n) is 3.11. The van der Waals surface area contributed by atoms with Crippen molar-refractivity contribution < 1.29 is 9.53 Å². The average Bonchev–Trinajstić information content (AvgIpc) is 3.03. The summed E-state index contributed by atoms with van der Waals surface area (Å²) in [5, 5.41) is 6.80. The van der Waals surface area contributed by atoms with Gasteiger partial charge in [0.25, 0.3) is 0 Å². The van der Waals surface area contributed by atoms with Gasteiger partial charge in [0.1, 0.15) is 5.60 Å². The molecule has 0 aromatic rings. The molecule has 2 N–H and O–H groups in total. The summed E-state index contributed by atoms with van der Waals surface area (Å²) in [6, 6.07) is 0.568. The fraction of sp³-hybridized carbons (Fsp3) is 0.778. The molecule has 7 heteroatoms. The molecule has 1 fully saturated rings. The van der Waals surface area contributed by atoms with Crippen molar-refractivity contribution in [3.05, 3.63) is 12.2 Å². The van der Waals surface area contributed by atoms with Gasteiger partial charge in [-0.25, -0.2) is 4.79 Å². The monoisotopic (exact) mass is 464 g/mol. The number of nitrogens with zero attached hydrogens (tertiary/aromatic N) is 2. The molecule has 1 atom stereocenters. The van der Waals surface area contributed by atoms with Crippen LogP contribution in [0.1, 0.15) is 52.9 Å². The van der Waals surface area contributed by atoms with Crippen molar-refractivity contribution in [2.45, 2.75) is 70.6 Å². The van der Waals surface area contributed by atoms with Crippen LogP contribution in [0.15, 0.2) is 17.1 Å². The molecule has 1 amide bonds. The van der Waals surface area contributed by atoms with Gasteiger partial charge in [0.2, 0.25) is 0 Å². The number of likely N-dealkylation sites (tertiary alicyclic amines) is 1. The van der Waals surface area contributed by atoms with E-state index in [0.29, 0.717) is 12.6 Å². The van der Waals surface area contributed by atoms with Gasteiger partial charge in [0, 0.05) is 26.2 Å². The Bertz CT molecular complexity index is 480. The maximum absolute atomic E-state index is 12.4. The van der Waals surface area contributed by atoms with Crippen LogP contribution >= 0.6 is 24.0 Å². The van der Waals surface area contributed by atoms with Crippen molar-refractivity contribution in [2.75, 3.05) is 20.1 Å². The van der Waals surface area contributed by atoms with Crippen molar-refractivity contribution in [1.82, 2.24) is 15.5 Å². The van der Waals surface area contributed by atoms with E-state index in [-0.39, 0.29) is 36.1 Å². The Morgan fingerprint density at radius 3 is 2.56 bits per heavy atom. The highest BCUT2D eigenvalue weighted by molar-refractivity contribution is 14.0. The Hall–Kier alpha value is -0.990. The summed E-state index contributed by atoms with van der Waals surface area (Å²) in [5.41, 5.74) is -0.459. The summed E-state index contributed by atoms with van der Waals surface area (Å²) in [7, 11) is 1.78. The van der Waals surface area contributed by atoms with Gasteiger partial charge in [-0.2, -0.15) is 0 Å². The second-order valence-corrected chi connectivity index (χ2v) is 7.56. The molecule has 0 saturated carbocycles. The first kappa shape index (κ1) is 22.1. The van der Waals surface area contributed by atoms with E-state index in [9.17, 15) is 4.79 Å². The van der Waals surface area contributed by atoms with Gasteiger partial charge < -0.3 is 20.3 Å². The summed E-state index contributed by atoms with van der Waals surface area (Å²) in [6.07, 6.45) is 9.42. The normalized spacial score (nSPS) is 21.7. The molecular formula is C18H33IN4O2. The molecule has 2 rings (SSSR count). The van der Waals surface area contributed by atoms with E-state index >= 15 is 0 Å². The van der Waals surface area contributed by atoms with Crippen LogP contribution in [0, 0.1) is 0 Å². The molecule has 0 aromatic carbocycles. The maximum atomic E-state index is 12.4. The SMILES string of the molecule is CN=C(NCC1CCCCN1C(=O)OC(C)(C)C)NC1CC=CC1.I. The Morgan fingerprint density at radius 1 is 1.28 bits per heavy atom. The minimum absolute atomic E-state index is 0. The fourth-order valence-corrected chi connectivity index (χ4v) is 3.11. The van der Waals surface area contributed by atoms with Gasteiger partial charge >= 0.3 is 6.09 Å². The number of ether oxygens (including phenoxy) is 1. The molecule has 0 spiro atoms. The number of amides is 1. The molecule has 6 nitrogen and oxygen atoms in total. The first-order chi connectivity index (χ1) is 11.4. The molecule has 144 valence electrons. The molecule has 0 bridgehead atoms. The van der Waals surface area contributed by atoms with Gasteiger partial charge in [0.15, 0.2) is 5.96 Å². The molecule has 2 aliphatic rings. The van der Waals surface area contributed by atoms with Crippen LogP contribution in [0.4, 0.5) is 4.79 Å². The lowest BCUT2D eigenvalue weighted by Crippen LogP contribution is -2.53.